The highest BCUT2D eigenvalue weighted by Gasteiger charge is 2.31. The monoisotopic (exact) mass is 244 g/mol. The second-order valence-electron chi connectivity index (χ2n) is 3.70. The van der Waals surface area contributed by atoms with Crippen LogP contribution in [0.25, 0.3) is 0 Å². The van der Waals surface area contributed by atoms with E-state index in [1.807, 2.05) is 0 Å². The molecule has 96 valence electrons. The molecule has 0 aromatic rings. The first-order chi connectivity index (χ1) is 7.67. The maximum Gasteiger partial charge on any atom is 0.0420 e. The van der Waals surface area contributed by atoms with Crippen LogP contribution in [0.5, 0.6) is 0 Å². The predicted octanol–water partition coefficient (Wildman–Crippen LogP) is -5.47. The zero-order valence-corrected chi connectivity index (χ0v) is 8.59. The van der Waals surface area contributed by atoms with Crippen molar-refractivity contribution in [1.29, 1.82) is 0 Å². The van der Waals surface area contributed by atoms with E-state index in [1.54, 1.807) is 0 Å². The average Bonchev–Trinajstić information content (AvgIpc) is 1.95. The van der Waals surface area contributed by atoms with Crippen LogP contribution in [0.15, 0.2) is 0 Å². The summed E-state index contributed by atoms with van der Waals surface area (Å²) in [6.45, 7) is 0. The van der Waals surface area contributed by atoms with Gasteiger partial charge in [-0.3, -0.25) is 0 Å². The minimum atomic E-state index is -2.06. The fourth-order valence-electron chi connectivity index (χ4n) is 1.60. The van der Waals surface area contributed by atoms with E-state index < -0.39 is 55.0 Å². The minimum absolute atomic E-state index is 1.05. The molecule has 0 heterocycles. The van der Waals surface area contributed by atoms with Gasteiger partial charge < -0.3 is 39.6 Å². The van der Waals surface area contributed by atoms with Crippen molar-refractivity contribution in [2.75, 3.05) is 0 Å². The van der Waals surface area contributed by atoms with E-state index in [0.29, 0.717) is 0 Å². The van der Waals surface area contributed by atoms with Crippen molar-refractivity contribution in [3.63, 3.8) is 0 Å². The van der Waals surface area contributed by atoms with E-state index in [9.17, 15) is 39.6 Å². The summed E-state index contributed by atoms with van der Waals surface area (Å²) in [5.41, 5.74) is -2.06. The number of rotatable bonds is 8. The van der Waals surface area contributed by atoms with Gasteiger partial charge in [0.2, 0.25) is 0 Å². The molecule has 0 atom stereocenters. The van der Waals surface area contributed by atoms with Gasteiger partial charge in [-0.05, 0) is 31.1 Å². The molecule has 0 N–H and O–H groups in total. The van der Waals surface area contributed by atoms with E-state index in [-0.39, 0.29) is 0 Å². The van der Waals surface area contributed by atoms with E-state index in [2.05, 4.69) is 0 Å². The van der Waals surface area contributed by atoms with Crippen molar-refractivity contribution in [3.05, 3.63) is 0 Å². The fraction of sp³-hybridized carbons (Fsp3) is 0.556. The Bertz CT molecular complexity index is 275. The fourth-order valence-corrected chi connectivity index (χ4v) is 1.60. The Morgan fingerprint density at radius 1 is 0.588 bits per heavy atom. The van der Waals surface area contributed by atoms with Crippen LogP contribution in [0.4, 0.5) is 0 Å². The molecule has 0 unspecified atom stereocenters. The highest BCUT2D eigenvalue weighted by atomic mass is 16.4. The van der Waals surface area contributed by atoms with Gasteiger partial charge in [0.25, 0.3) is 0 Å². The number of aliphatic carboxylic acids is 4. The van der Waals surface area contributed by atoms with Crippen molar-refractivity contribution in [3.8, 4) is 0 Å². The lowest BCUT2D eigenvalue weighted by Gasteiger charge is -2.35. The van der Waals surface area contributed by atoms with Gasteiger partial charge in [-0.1, -0.05) is 0 Å². The first-order valence-corrected chi connectivity index (χ1v) is 4.46. The second-order valence-corrected chi connectivity index (χ2v) is 3.70. The van der Waals surface area contributed by atoms with Gasteiger partial charge in [0.05, 0.1) is 0 Å². The third kappa shape index (κ3) is 6.13. The predicted molar refractivity (Wildman–Crippen MR) is 40.9 cm³/mol. The maximum atomic E-state index is 10.4. The summed E-state index contributed by atoms with van der Waals surface area (Å²) < 4.78 is 0. The van der Waals surface area contributed by atoms with Crippen molar-refractivity contribution in [2.45, 2.75) is 25.7 Å². The molecule has 0 fully saturated rings. The van der Waals surface area contributed by atoms with Crippen molar-refractivity contribution in [1.82, 2.24) is 0 Å². The first kappa shape index (κ1) is 14.9. The average molecular weight is 244 g/mol. The van der Waals surface area contributed by atoms with Gasteiger partial charge in [0.1, 0.15) is 0 Å². The summed E-state index contributed by atoms with van der Waals surface area (Å²) >= 11 is 0. The molecule has 0 aliphatic rings. The van der Waals surface area contributed by atoms with Gasteiger partial charge >= 0.3 is 0 Å². The number of carboxylic acids is 4. The molecule has 8 heteroatoms. The molecule has 0 amide bonds. The van der Waals surface area contributed by atoms with Crippen molar-refractivity contribution in [2.24, 2.45) is 5.41 Å². The van der Waals surface area contributed by atoms with Crippen LogP contribution in [-0.4, -0.2) is 23.9 Å². The molecule has 0 saturated heterocycles. The summed E-state index contributed by atoms with van der Waals surface area (Å²) in [6.07, 6.45) is -4.21. The molecule has 0 bridgehead atoms. The number of carbonyl (C=O) groups excluding carboxylic acids is 4. The lowest BCUT2D eigenvalue weighted by molar-refractivity contribution is -0.320. The zero-order chi connectivity index (χ0) is 13.6. The summed E-state index contributed by atoms with van der Waals surface area (Å²) in [4.78, 5) is 41.6. The largest absolute Gasteiger partial charge is 0.550 e. The molecule has 17 heavy (non-hydrogen) atoms. The summed E-state index contributed by atoms with van der Waals surface area (Å²) in [5, 5.41) is 41.6. The number of carboxylic acid groups (broad SMARTS) is 4. The van der Waals surface area contributed by atoms with E-state index in [1.165, 1.54) is 0 Å². The molecule has 0 rings (SSSR count). The normalized spacial score (nSPS) is 10.8. The lowest BCUT2D eigenvalue weighted by Crippen LogP contribution is -2.44. The van der Waals surface area contributed by atoms with Crippen LogP contribution in [0.3, 0.4) is 0 Å². The number of hydrogen-bond donors (Lipinski definition) is 0. The van der Waals surface area contributed by atoms with Crippen LogP contribution in [-0.2, 0) is 19.2 Å². The Kier molecular flexibility index (Phi) is 5.10. The SMILES string of the molecule is O=C([O-])CC(CC(=O)[O-])(CC(=O)[O-])CC(=O)[O-]. The summed E-state index contributed by atoms with van der Waals surface area (Å²) in [5.74, 6) is -7.08. The van der Waals surface area contributed by atoms with Crippen LogP contribution < -0.4 is 20.4 Å². The van der Waals surface area contributed by atoms with Crippen molar-refractivity contribution >= 4 is 23.9 Å². The van der Waals surface area contributed by atoms with Crippen LogP contribution in [0.2, 0.25) is 0 Å². The molecular formula is C9H8O8-4. The Morgan fingerprint density at radius 3 is 0.882 bits per heavy atom. The first-order valence-electron chi connectivity index (χ1n) is 4.46. The Hall–Kier alpha value is -2.12. The molecular weight excluding hydrogens is 236 g/mol. The number of carbonyl (C=O) groups is 4. The smallest absolute Gasteiger partial charge is 0.0420 e. The molecule has 0 spiro atoms. The zero-order valence-electron chi connectivity index (χ0n) is 8.59. The van der Waals surface area contributed by atoms with Crippen LogP contribution in [0.1, 0.15) is 25.7 Å². The third-order valence-electron chi connectivity index (χ3n) is 2.08. The Labute approximate surface area is 95.5 Å². The summed E-state index contributed by atoms with van der Waals surface area (Å²) in [7, 11) is 0. The molecule has 0 aromatic heterocycles. The molecule has 0 aliphatic heterocycles. The number of hydrogen-bond acceptors (Lipinski definition) is 8. The van der Waals surface area contributed by atoms with Gasteiger partial charge in [0, 0.05) is 23.9 Å². The van der Waals surface area contributed by atoms with Gasteiger partial charge in [-0.25, -0.2) is 0 Å². The Morgan fingerprint density at radius 2 is 0.765 bits per heavy atom. The quantitative estimate of drug-likeness (QED) is 0.408. The van der Waals surface area contributed by atoms with E-state index in [0.717, 1.165) is 0 Å². The topological polar surface area (TPSA) is 161 Å². The van der Waals surface area contributed by atoms with Crippen LogP contribution >= 0.6 is 0 Å². The van der Waals surface area contributed by atoms with Gasteiger partial charge in [-0.2, -0.15) is 0 Å². The minimum Gasteiger partial charge on any atom is -0.550 e. The highest BCUT2D eigenvalue weighted by molar-refractivity contribution is 5.76. The third-order valence-corrected chi connectivity index (χ3v) is 2.08. The Balaban J connectivity index is 5.16. The van der Waals surface area contributed by atoms with Gasteiger partial charge in [0.15, 0.2) is 0 Å². The molecule has 0 aliphatic carbocycles. The van der Waals surface area contributed by atoms with Crippen molar-refractivity contribution < 1.29 is 39.6 Å². The van der Waals surface area contributed by atoms with Gasteiger partial charge in [-0.15, -0.1) is 0 Å². The molecule has 0 saturated carbocycles. The van der Waals surface area contributed by atoms with E-state index in [4.69, 9.17) is 0 Å². The van der Waals surface area contributed by atoms with Crippen LogP contribution in [0, 0.1) is 5.41 Å². The highest BCUT2D eigenvalue weighted by Crippen LogP contribution is 2.34. The van der Waals surface area contributed by atoms with E-state index >= 15 is 0 Å². The standard InChI is InChI=1S/C9H12O8/c10-5(11)1-9(2-6(12)13,3-7(14)15)4-8(16)17/h1-4H2,(H,10,11)(H,12,13)(H,14,15)(H,16,17)/p-4. The molecule has 8 nitrogen and oxygen atoms in total. The second kappa shape index (κ2) is 5.83. The molecule has 0 radical (unpaired) electrons. The summed E-state index contributed by atoms with van der Waals surface area (Å²) in [6, 6.07) is 0. The maximum absolute atomic E-state index is 10.4. The lowest BCUT2D eigenvalue weighted by atomic mass is 9.75. The molecule has 0 aromatic carbocycles.